The minimum absolute atomic E-state index is 0.156. The van der Waals surface area contributed by atoms with Crippen LogP contribution in [0.2, 0.25) is 0 Å². The maximum Gasteiger partial charge on any atom is 0.461 e. The first-order chi connectivity index (χ1) is 12.8. The predicted octanol–water partition coefficient (Wildman–Crippen LogP) is 3.66. The predicted molar refractivity (Wildman–Crippen MR) is 89.4 cm³/mol. The molecule has 1 heterocycles. The summed E-state index contributed by atoms with van der Waals surface area (Å²) in [5.74, 6) is -9.21. The number of alkyl halides is 5. The molecule has 0 radical (unpaired) electrons. The van der Waals surface area contributed by atoms with Crippen LogP contribution in [-0.2, 0) is 6.54 Å². The van der Waals surface area contributed by atoms with E-state index in [-0.39, 0.29) is 24.2 Å². The third kappa shape index (κ3) is 4.16. The molecule has 0 aromatic heterocycles. The van der Waals surface area contributed by atoms with Crippen molar-refractivity contribution in [3.05, 3.63) is 39.4 Å². The molecule has 1 aromatic rings. The maximum absolute atomic E-state index is 13.7. The number of hydrogen-bond donors (Lipinski definition) is 2. The Morgan fingerprint density at radius 3 is 2.46 bits per heavy atom. The number of aryl methyl sites for hydroxylation is 1. The van der Waals surface area contributed by atoms with Crippen LogP contribution in [0.1, 0.15) is 37.3 Å². The monoisotopic (exact) mass is 410 g/mol. The zero-order valence-electron chi connectivity index (χ0n) is 15.1. The molecule has 0 amide bonds. The Balaban J connectivity index is 2.36. The molecule has 7 nitrogen and oxygen atoms in total. The van der Waals surface area contributed by atoms with E-state index in [1.807, 2.05) is 5.32 Å². The normalized spacial score (nSPS) is 20.1. The number of aliphatic hydroxyl groups is 1. The smallest absolute Gasteiger partial charge is 0.353 e. The number of halogens is 5. The van der Waals surface area contributed by atoms with Crippen LogP contribution in [-0.4, -0.2) is 38.8 Å². The number of nitrogens with zero attached hydrogens (tertiary/aromatic N) is 3. The van der Waals surface area contributed by atoms with Crippen molar-refractivity contribution in [3.63, 3.8) is 0 Å². The van der Waals surface area contributed by atoms with Crippen LogP contribution in [0.4, 0.5) is 27.6 Å². The highest BCUT2D eigenvalue weighted by molar-refractivity contribution is 5.91. The molecular weight excluding hydrogens is 391 g/mol. The Kier molecular flexibility index (Phi) is 5.83. The molecule has 0 bridgehead atoms. The van der Waals surface area contributed by atoms with Crippen molar-refractivity contribution in [2.75, 3.05) is 0 Å². The zero-order chi connectivity index (χ0) is 21.3. The van der Waals surface area contributed by atoms with Crippen LogP contribution in [0, 0.1) is 17.0 Å². The summed E-state index contributed by atoms with van der Waals surface area (Å²) in [7, 11) is 0. The fourth-order valence-corrected chi connectivity index (χ4v) is 2.73. The minimum Gasteiger partial charge on any atom is -0.353 e. The lowest BCUT2D eigenvalue weighted by atomic mass is 10.1. The molecule has 1 atom stereocenters. The Labute approximate surface area is 157 Å². The summed E-state index contributed by atoms with van der Waals surface area (Å²) in [5, 5.41) is 27.3. The lowest BCUT2D eigenvalue weighted by molar-refractivity contribution is -0.385. The van der Waals surface area contributed by atoms with Crippen molar-refractivity contribution in [3.8, 4) is 0 Å². The number of rotatable bonds is 7. The van der Waals surface area contributed by atoms with Gasteiger partial charge in [-0.25, -0.2) is 5.01 Å². The molecule has 0 aliphatic carbocycles. The average Bonchev–Trinajstić information content (AvgIpc) is 2.89. The molecule has 28 heavy (non-hydrogen) atoms. The van der Waals surface area contributed by atoms with Gasteiger partial charge in [0.2, 0.25) is 11.7 Å². The molecule has 2 N–H and O–H groups in total. The van der Waals surface area contributed by atoms with Gasteiger partial charge in [-0.2, -0.15) is 27.1 Å². The first-order valence-electron chi connectivity index (χ1n) is 8.37. The largest absolute Gasteiger partial charge is 0.461 e. The molecule has 2 rings (SSSR count). The molecule has 1 unspecified atom stereocenters. The van der Waals surface area contributed by atoms with E-state index < -0.39 is 28.7 Å². The van der Waals surface area contributed by atoms with E-state index in [0.29, 0.717) is 23.4 Å². The van der Waals surface area contributed by atoms with Crippen LogP contribution in [0.5, 0.6) is 0 Å². The number of unbranched alkanes of at least 4 members (excludes halogenated alkanes) is 1. The number of hydrogen-bond acceptors (Lipinski definition) is 6. The van der Waals surface area contributed by atoms with Gasteiger partial charge in [-0.3, -0.25) is 10.1 Å². The fourth-order valence-electron chi connectivity index (χ4n) is 2.73. The van der Waals surface area contributed by atoms with Gasteiger partial charge in [-0.15, -0.1) is 0 Å². The molecule has 0 fully saturated rings. The summed E-state index contributed by atoms with van der Waals surface area (Å²) < 4.78 is 65.4. The van der Waals surface area contributed by atoms with Crippen molar-refractivity contribution in [2.45, 2.75) is 57.6 Å². The van der Waals surface area contributed by atoms with E-state index in [1.54, 1.807) is 6.92 Å². The van der Waals surface area contributed by atoms with Gasteiger partial charge >= 0.3 is 12.1 Å². The molecule has 1 aromatic carbocycles. The maximum atomic E-state index is 13.7. The second kappa shape index (κ2) is 7.49. The summed E-state index contributed by atoms with van der Waals surface area (Å²) >= 11 is 0. The Morgan fingerprint density at radius 2 is 1.96 bits per heavy atom. The summed E-state index contributed by atoms with van der Waals surface area (Å²) in [4.78, 5) is 10.3. The van der Waals surface area contributed by atoms with E-state index in [9.17, 15) is 37.2 Å². The van der Waals surface area contributed by atoms with Crippen molar-refractivity contribution in [2.24, 2.45) is 5.10 Å². The van der Waals surface area contributed by atoms with Crippen molar-refractivity contribution in [1.82, 2.24) is 10.3 Å². The average molecular weight is 410 g/mol. The molecule has 1 aliphatic heterocycles. The van der Waals surface area contributed by atoms with Crippen LogP contribution < -0.4 is 5.32 Å². The van der Waals surface area contributed by atoms with Gasteiger partial charge in [0, 0.05) is 18.1 Å². The molecule has 156 valence electrons. The highest BCUT2D eigenvalue weighted by Crippen LogP contribution is 2.39. The summed E-state index contributed by atoms with van der Waals surface area (Å²) in [5.41, 5.74) is 0.453. The highest BCUT2D eigenvalue weighted by atomic mass is 19.4. The number of nitro groups is 1. The second-order valence-electron chi connectivity index (χ2n) is 6.50. The van der Waals surface area contributed by atoms with E-state index in [0.717, 1.165) is 0 Å². The van der Waals surface area contributed by atoms with Gasteiger partial charge in [0.05, 0.1) is 11.5 Å². The summed E-state index contributed by atoms with van der Waals surface area (Å²) in [6, 6.07) is 3.89. The summed E-state index contributed by atoms with van der Waals surface area (Å²) in [6.45, 7) is 2.89. The number of nitrogens with one attached hydrogen (secondary N) is 1. The van der Waals surface area contributed by atoms with Crippen LogP contribution in [0.15, 0.2) is 23.3 Å². The lowest BCUT2D eigenvalue weighted by Crippen LogP contribution is -2.57. The molecule has 0 spiro atoms. The van der Waals surface area contributed by atoms with Gasteiger partial charge in [0.15, 0.2) is 0 Å². The van der Waals surface area contributed by atoms with Gasteiger partial charge in [-0.1, -0.05) is 19.4 Å². The van der Waals surface area contributed by atoms with Crippen molar-refractivity contribution < 1.29 is 32.0 Å². The Morgan fingerprint density at radius 1 is 1.32 bits per heavy atom. The number of benzene rings is 1. The van der Waals surface area contributed by atoms with Crippen LogP contribution >= 0.6 is 0 Å². The molecule has 1 aliphatic rings. The first-order valence-corrected chi connectivity index (χ1v) is 8.37. The molecule has 0 saturated carbocycles. The quantitative estimate of drug-likeness (QED) is 0.407. The second-order valence-corrected chi connectivity index (χ2v) is 6.50. The minimum atomic E-state index is -5.88. The van der Waals surface area contributed by atoms with Gasteiger partial charge in [0.25, 0.3) is 5.69 Å². The molecular formula is C16H19F5N4O3. The summed E-state index contributed by atoms with van der Waals surface area (Å²) in [6.07, 6.45) is -5.15. The van der Waals surface area contributed by atoms with Gasteiger partial charge in [0.1, 0.15) is 0 Å². The molecule has 12 heteroatoms. The van der Waals surface area contributed by atoms with Gasteiger partial charge < -0.3 is 10.4 Å². The third-order valence-electron chi connectivity index (χ3n) is 4.29. The van der Waals surface area contributed by atoms with Crippen molar-refractivity contribution in [1.29, 1.82) is 0 Å². The van der Waals surface area contributed by atoms with Crippen LogP contribution in [0.25, 0.3) is 0 Å². The van der Waals surface area contributed by atoms with E-state index in [4.69, 9.17) is 0 Å². The van der Waals surface area contributed by atoms with Crippen LogP contribution in [0.3, 0.4) is 0 Å². The SMILES string of the molecule is CCCCC1(O)NC(C(F)(F)C(F)(F)F)=NN1Cc1ccc([N+](=O)[O-])c(C)c1. The number of amidine groups is 1. The number of hydrazone groups is 1. The zero-order valence-corrected chi connectivity index (χ0v) is 15.1. The molecule has 0 saturated heterocycles. The highest BCUT2D eigenvalue weighted by Gasteiger charge is 2.64. The van der Waals surface area contributed by atoms with E-state index in [1.165, 1.54) is 25.1 Å². The lowest BCUT2D eigenvalue weighted by Gasteiger charge is -2.33. The van der Waals surface area contributed by atoms with E-state index >= 15 is 0 Å². The topological polar surface area (TPSA) is 91.0 Å². The van der Waals surface area contributed by atoms with E-state index in [2.05, 4.69) is 5.10 Å². The standard InChI is InChI=1S/C16H19F5N4O3/c1-3-4-7-14(26)22-13(15(17,18)16(19,20)21)23-24(14)9-11-5-6-12(25(27)28)10(2)8-11/h5-6,8,26H,3-4,7,9H2,1-2H3,(H,22,23). The Bertz CT molecular complexity index is 784. The third-order valence-corrected chi connectivity index (χ3v) is 4.29. The number of nitro benzene ring substituents is 1. The first kappa shape index (κ1) is 21.8. The van der Waals surface area contributed by atoms with Crippen molar-refractivity contribution >= 4 is 11.5 Å². The van der Waals surface area contributed by atoms with Gasteiger partial charge in [-0.05, 0) is 25.0 Å². The Hall–Kier alpha value is -2.50. The fraction of sp³-hybridized carbons (Fsp3) is 0.562.